The van der Waals surface area contributed by atoms with Gasteiger partial charge in [-0.15, -0.1) is 0 Å². The Morgan fingerprint density at radius 1 is 1.35 bits per heavy atom. The van der Waals surface area contributed by atoms with Gasteiger partial charge in [0.25, 0.3) is 0 Å². The predicted molar refractivity (Wildman–Crippen MR) is 76.4 cm³/mol. The van der Waals surface area contributed by atoms with E-state index in [1.165, 1.54) is 0 Å². The number of rotatable bonds is 4. The number of nitrogens with one attached hydrogen (secondary N) is 2. The van der Waals surface area contributed by atoms with Crippen LogP contribution < -0.4 is 10.6 Å². The van der Waals surface area contributed by atoms with Crippen LogP contribution in [0.3, 0.4) is 0 Å². The van der Waals surface area contributed by atoms with Gasteiger partial charge in [-0.05, 0) is 43.6 Å². The van der Waals surface area contributed by atoms with Crippen molar-refractivity contribution < 1.29 is 5.11 Å². The van der Waals surface area contributed by atoms with Crippen LogP contribution in [0.25, 0.3) is 0 Å². The number of hydrogen-bond donors (Lipinski definition) is 3. The first-order valence-electron chi connectivity index (χ1n) is 5.83. The molecule has 0 aliphatic rings. The Bertz CT molecular complexity index is 369. The topological polar surface area (TPSA) is 44.3 Å². The highest BCUT2D eigenvalue weighted by atomic mass is 32.1. The zero-order valence-electron chi connectivity index (χ0n) is 10.6. The third-order valence-electron chi connectivity index (χ3n) is 2.77. The van der Waals surface area contributed by atoms with Crippen molar-refractivity contribution in [2.24, 2.45) is 0 Å². The maximum absolute atomic E-state index is 9.10. The van der Waals surface area contributed by atoms with Crippen LogP contribution in [0.5, 0.6) is 0 Å². The summed E-state index contributed by atoms with van der Waals surface area (Å²) in [7, 11) is 0. The Morgan fingerprint density at radius 2 is 1.94 bits per heavy atom. The van der Waals surface area contributed by atoms with E-state index in [0.29, 0.717) is 5.11 Å². The number of aliphatic hydroxyl groups is 1. The Kier molecular flexibility index (Phi) is 5.38. The first kappa shape index (κ1) is 13.9. The second-order valence-electron chi connectivity index (χ2n) is 4.15. The lowest BCUT2D eigenvalue weighted by molar-refractivity contribution is 0.253. The zero-order valence-corrected chi connectivity index (χ0v) is 11.4. The van der Waals surface area contributed by atoms with E-state index < -0.39 is 0 Å². The van der Waals surface area contributed by atoms with Gasteiger partial charge < -0.3 is 15.7 Å². The molecule has 4 heteroatoms. The van der Waals surface area contributed by atoms with Crippen LogP contribution in [-0.2, 0) is 0 Å². The molecule has 3 N–H and O–H groups in total. The Labute approximate surface area is 108 Å². The molecule has 3 nitrogen and oxygen atoms in total. The van der Waals surface area contributed by atoms with E-state index in [2.05, 4.69) is 10.6 Å². The minimum absolute atomic E-state index is 0.0133. The highest BCUT2D eigenvalue weighted by Gasteiger charge is 2.08. The lowest BCUT2D eigenvalue weighted by Gasteiger charge is -2.19. The van der Waals surface area contributed by atoms with Crippen molar-refractivity contribution in [3.63, 3.8) is 0 Å². The fraction of sp³-hybridized carbons (Fsp3) is 0.462. The summed E-state index contributed by atoms with van der Waals surface area (Å²) in [6.07, 6.45) is 0.838. The van der Waals surface area contributed by atoms with Gasteiger partial charge in [-0.25, -0.2) is 0 Å². The number of anilines is 1. The minimum Gasteiger partial charge on any atom is -0.394 e. The highest BCUT2D eigenvalue weighted by molar-refractivity contribution is 7.80. The molecule has 0 radical (unpaired) electrons. The molecule has 0 bridgehead atoms. The summed E-state index contributed by atoms with van der Waals surface area (Å²) in [4.78, 5) is 0. The van der Waals surface area contributed by atoms with E-state index in [1.807, 2.05) is 39.0 Å². The molecule has 94 valence electrons. The van der Waals surface area contributed by atoms with Gasteiger partial charge in [-0.1, -0.05) is 25.1 Å². The maximum Gasteiger partial charge on any atom is 0.171 e. The third kappa shape index (κ3) is 3.98. The normalized spacial score (nSPS) is 12.0. The standard InChI is InChI=1S/C13H20N2OS/c1-4-11(8-16)14-13(17)15-12-9(2)6-5-7-10(12)3/h5-7,11,16H,4,8H2,1-3H3,(H2,14,15,17). The van der Waals surface area contributed by atoms with Crippen molar-refractivity contribution in [3.05, 3.63) is 29.3 Å². The van der Waals surface area contributed by atoms with Crippen LogP contribution in [-0.4, -0.2) is 22.9 Å². The summed E-state index contributed by atoms with van der Waals surface area (Å²) in [5.74, 6) is 0. The molecule has 0 spiro atoms. The Morgan fingerprint density at radius 3 is 2.41 bits per heavy atom. The molecular formula is C13H20N2OS. The fourth-order valence-electron chi connectivity index (χ4n) is 1.62. The summed E-state index contributed by atoms with van der Waals surface area (Å²) in [5.41, 5.74) is 3.36. The first-order valence-corrected chi connectivity index (χ1v) is 6.23. The average molecular weight is 252 g/mol. The third-order valence-corrected chi connectivity index (χ3v) is 2.99. The summed E-state index contributed by atoms with van der Waals surface area (Å²) >= 11 is 5.23. The van der Waals surface area contributed by atoms with Crippen molar-refractivity contribution in [2.45, 2.75) is 33.2 Å². The van der Waals surface area contributed by atoms with Crippen LogP contribution in [0.15, 0.2) is 18.2 Å². The van der Waals surface area contributed by atoms with Gasteiger partial charge in [0.2, 0.25) is 0 Å². The van der Waals surface area contributed by atoms with Gasteiger partial charge in [0, 0.05) is 5.69 Å². The molecule has 1 atom stereocenters. The maximum atomic E-state index is 9.10. The summed E-state index contributed by atoms with van der Waals surface area (Å²) in [6.45, 7) is 6.18. The molecule has 1 aromatic carbocycles. The molecule has 0 aromatic heterocycles. The van der Waals surface area contributed by atoms with Gasteiger partial charge in [-0.3, -0.25) is 0 Å². The van der Waals surface area contributed by atoms with Crippen LogP contribution in [0.2, 0.25) is 0 Å². The van der Waals surface area contributed by atoms with Crippen molar-refractivity contribution in [2.75, 3.05) is 11.9 Å². The predicted octanol–water partition coefficient (Wildman–Crippen LogP) is 2.36. The lowest BCUT2D eigenvalue weighted by Crippen LogP contribution is -2.39. The lowest BCUT2D eigenvalue weighted by atomic mass is 10.1. The Balaban J connectivity index is 2.68. The van der Waals surface area contributed by atoms with Crippen LogP contribution in [0.4, 0.5) is 5.69 Å². The van der Waals surface area contributed by atoms with E-state index in [9.17, 15) is 0 Å². The molecule has 0 fully saturated rings. The van der Waals surface area contributed by atoms with Gasteiger partial charge in [0.05, 0.1) is 12.6 Å². The van der Waals surface area contributed by atoms with Gasteiger partial charge in [0.1, 0.15) is 0 Å². The second kappa shape index (κ2) is 6.57. The molecule has 0 aliphatic heterocycles. The van der Waals surface area contributed by atoms with E-state index in [1.54, 1.807) is 0 Å². The largest absolute Gasteiger partial charge is 0.394 e. The second-order valence-corrected chi connectivity index (χ2v) is 4.56. The van der Waals surface area contributed by atoms with Gasteiger partial charge in [-0.2, -0.15) is 0 Å². The van der Waals surface area contributed by atoms with Gasteiger partial charge in [0.15, 0.2) is 5.11 Å². The molecule has 0 saturated carbocycles. The van der Waals surface area contributed by atoms with Gasteiger partial charge >= 0.3 is 0 Å². The molecule has 0 aliphatic carbocycles. The first-order chi connectivity index (χ1) is 8.08. The molecule has 0 amide bonds. The van der Waals surface area contributed by atoms with Crippen LogP contribution in [0.1, 0.15) is 24.5 Å². The number of aliphatic hydroxyl groups excluding tert-OH is 1. The fourth-order valence-corrected chi connectivity index (χ4v) is 1.89. The molecule has 1 aromatic rings. The van der Waals surface area contributed by atoms with E-state index in [-0.39, 0.29) is 12.6 Å². The molecule has 0 saturated heterocycles. The minimum atomic E-state index is 0.0133. The smallest absolute Gasteiger partial charge is 0.171 e. The van der Waals surface area contributed by atoms with Crippen LogP contribution >= 0.6 is 12.2 Å². The molecule has 0 heterocycles. The monoisotopic (exact) mass is 252 g/mol. The molecular weight excluding hydrogens is 232 g/mol. The number of benzene rings is 1. The van der Waals surface area contributed by atoms with Crippen molar-refractivity contribution in [1.29, 1.82) is 0 Å². The Hall–Kier alpha value is -1.13. The van der Waals surface area contributed by atoms with E-state index in [0.717, 1.165) is 23.2 Å². The number of thiocarbonyl (C=S) groups is 1. The zero-order chi connectivity index (χ0) is 12.8. The number of para-hydroxylation sites is 1. The number of hydrogen-bond acceptors (Lipinski definition) is 2. The van der Waals surface area contributed by atoms with Crippen molar-refractivity contribution in [3.8, 4) is 0 Å². The van der Waals surface area contributed by atoms with Crippen molar-refractivity contribution >= 4 is 23.0 Å². The van der Waals surface area contributed by atoms with Crippen LogP contribution in [0, 0.1) is 13.8 Å². The highest BCUT2D eigenvalue weighted by Crippen LogP contribution is 2.19. The van der Waals surface area contributed by atoms with E-state index in [4.69, 9.17) is 17.3 Å². The molecule has 1 unspecified atom stereocenters. The SMILES string of the molecule is CCC(CO)NC(=S)Nc1c(C)cccc1C. The quantitative estimate of drug-likeness (QED) is 0.720. The average Bonchev–Trinajstić information content (AvgIpc) is 2.31. The summed E-state index contributed by atoms with van der Waals surface area (Å²) in [6, 6.07) is 6.12. The van der Waals surface area contributed by atoms with Crippen molar-refractivity contribution in [1.82, 2.24) is 5.32 Å². The molecule has 17 heavy (non-hydrogen) atoms. The molecule has 1 rings (SSSR count). The number of aryl methyl sites for hydroxylation is 2. The summed E-state index contributed by atoms with van der Waals surface area (Å²) in [5, 5.41) is 15.9. The van der Waals surface area contributed by atoms with E-state index >= 15 is 0 Å². The summed E-state index contributed by atoms with van der Waals surface area (Å²) < 4.78 is 0.